The Balaban J connectivity index is 3.34. The maximum absolute atomic E-state index is 13.2. The topological polar surface area (TPSA) is 152 Å². The standard InChI is InChI=1S/C22H32N4O6/c1-21(2,3)25-18(29)17(14-7-9-15(28)10-8-14)26(12-11-23)19(30)16(13-27)24-20(31)32-22(4,5)6/h7-10,16-17,27-28H,12-13H2,1-6H3,(H,24,31)(H,25,29). The second-order valence-corrected chi connectivity index (χ2v) is 9.24. The lowest BCUT2D eigenvalue weighted by atomic mass is 10.0. The molecule has 0 aromatic heterocycles. The predicted octanol–water partition coefficient (Wildman–Crippen LogP) is 1.59. The van der Waals surface area contributed by atoms with Gasteiger partial charge < -0.3 is 30.5 Å². The number of carbonyl (C=O) groups excluding carboxylic acids is 3. The van der Waals surface area contributed by atoms with Crippen molar-refractivity contribution in [2.24, 2.45) is 0 Å². The molecule has 0 saturated heterocycles. The molecule has 0 bridgehead atoms. The maximum Gasteiger partial charge on any atom is 0.408 e. The van der Waals surface area contributed by atoms with Gasteiger partial charge in [0.2, 0.25) is 11.8 Å². The number of phenols is 1. The molecule has 1 aromatic carbocycles. The van der Waals surface area contributed by atoms with E-state index in [9.17, 15) is 29.9 Å². The van der Waals surface area contributed by atoms with Crippen molar-refractivity contribution < 1.29 is 29.3 Å². The van der Waals surface area contributed by atoms with Gasteiger partial charge in [-0.2, -0.15) is 5.26 Å². The average molecular weight is 449 g/mol. The molecule has 0 radical (unpaired) electrons. The molecule has 0 aliphatic carbocycles. The van der Waals surface area contributed by atoms with E-state index < -0.39 is 54.3 Å². The van der Waals surface area contributed by atoms with Crippen molar-refractivity contribution in [1.82, 2.24) is 15.5 Å². The number of alkyl carbamates (subject to hydrolysis) is 1. The van der Waals surface area contributed by atoms with Crippen LogP contribution in [-0.4, -0.2) is 63.4 Å². The zero-order valence-corrected chi connectivity index (χ0v) is 19.3. The molecule has 0 spiro atoms. The number of rotatable bonds is 7. The van der Waals surface area contributed by atoms with Gasteiger partial charge >= 0.3 is 6.09 Å². The molecule has 2 unspecified atom stereocenters. The second kappa shape index (κ2) is 10.8. The van der Waals surface area contributed by atoms with Gasteiger partial charge in [0.05, 0.1) is 12.7 Å². The van der Waals surface area contributed by atoms with Crippen LogP contribution in [0.15, 0.2) is 24.3 Å². The van der Waals surface area contributed by atoms with E-state index in [2.05, 4.69) is 10.6 Å². The minimum Gasteiger partial charge on any atom is -0.508 e. The number of aliphatic hydroxyl groups excluding tert-OH is 1. The van der Waals surface area contributed by atoms with Crippen LogP contribution >= 0.6 is 0 Å². The molecule has 0 aliphatic rings. The highest BCUT2D eigenvalue weighted by molar-refractivity contribution is 5.92. The molecule has 176 valence electrons. The Morgan fingerprint density at radius 3 is 2.12 bits per heavy atom. The van der Waals surface area contributed by atoms with Gasteiger partial charge in [-0.3, -0.25) is 9.59 Å². The number of benzene rings is 1. The van der Waals surface area contributed by atoms with Gasteiger partial charge in [-0.1, -0.05) is 12.1 Å². The van der Waals surface area contributed by atoms with Crippen molar-refractivity contribution in [3.8, 4) is 11.8 Å². The summed E-state index contributed by atoms with van der Waals surface area (Å²) in [6, 6.07) is 4.76. The highest BCUT2D eigenvalue weighted by Crippen LogP contribution is 2.25. The van der Waals surface area contributed by atoms with E-state index in [1.54, 1.807) is 41.5 Å². The number of nitriles is 1. The zero-order valence-electron chi connectivity index (χ0n) is 19.3. The largest absolute Gasteiger partial charge is 0.508 e. The number of ether oxygens (including phenoxy) is 1. The molecule has 1 aromatic rings. The number of hydrogen-bond donors (Lipinski definition) is 4. The first-order valence-electron chi connectivity index (χ1n) is 10.1. The predicted molar refractivity (Wildman–Crippen MR) is 116 cm³/mol. The minimum atomic E-state index is -1.44. The monoisotopic (exact) mass is 448 g/mol. The number of phenolic OH excluding ortho intramolecular Hbond substituents is 1. The van der Waals surface area contributed by atoms with Crippen molar-refractivity contribution in [3.63, 3.8) is 0 Å². The van der Waals surface area contributed by atoms with E-state index in [0.29, 0.717) is 5.56 Å². The lowest BCUT2D eigenvalue weighted by Crippen LogP contribution is -2.55. The lowest BCUT2D eigenvalue weighted by Gasteiger charge is -2.34. The van der Waals surface area contributed by atoms with Gasteiger partial charge in [-0.05, 0) is 59.2 Å². The molecule has 2 atom stereocenters. The summed E-state index contributed by atoms with van der Waals surface area (Å²) in [5, 5.41) is 33.7. The smallest absolute Gasteiger partial charge is 0.408 e. The van der Waals surface area contributed by atoms with E-state index in [1.165, 1.54) is 24.3 Å². The molecule has 4 N–H and O–H groups in total. The number of aromatic hydroxyl groups is 1. The van der Waals surface area contributed by atoms with E-state index in [0.717, 1.165) is 4.90 Å². The third kappa shape index (κ3) is 8.43. The minimum absolute atomic E-state index is 0.0401. The van der Waals surface area contributed by atoms with Crippen LogP contribution in [0.4, 0.5) is 4.79 Å². The normalized spacial score (nSPS) is 13.3. The molecule has 10 nitrogen and oxygen atoms in total. The zero-order chi connectivity index (χ0) is 24.7. The van der Waals surface area contributed by atoms with Gasteiger partial charge in [0.15, 0.2) is 0 Å². The van der Waals surface area contributed by atoms with E-state index in [1.807, 2.05) is 6.07 Å². The van der Waals surface area contributed by atoms with Gasteiger partial charge in [0.25, 0.3) is 0 Å². The summed E-state index contributed by atoms with van der Waals surface area (Å²) in [6.45, 7) is 8.94. The van der Waals surface area contributed by atoms with Crippen LogP contribution in [0.2, 0.25) is 0 Å². The van der Waals surface area contributed by atoms with E-state index >= 15 is 0 Å². The molecule has 0 aliphatic heterocycles. The van der Waals surface area contributed by atoms with E-state index in [-0.39, 0.29) is 5.75 Å². The van der Waals surface area contributed by atoms with Crippen LogP contribution in [0.25, 0.3) is 0 Å². The van der Waals surface area contributed by atoms with Crippen LogP contribution in [0.5, 0.6) is 5.75 Å². The molecule has 1 rings (SSSR count). The van der Waals surface area contributed by atoms with Crippen molar-refractivity contribution in [2.45, 2.75) is 64.8 Å². The summed E-state index contributed by atoms with van der Waals surface area (Å²) in [4.78, 5) is 39.5. The van der Waals surface area contributed by atoms with Crippen LogP contribution in [0, 0.1) is 11.3 Å². The maximum atomic E-state index is 13.2. The third-order valence-corrected chi connectivity index (χ3v) is 3.96. The number of hydrogen-bond acceptors (Lipinski definition) is 7. The molecule has 32 heavy (non-hydrogen) atoms. The first-order valence-corrected chi connectivity index (χ1v) is 10.1. The second-order valence-electron chi connectivity index (χ2n) is 9.24. The van der Waals surface area contributed by atoms with Gasteiger partial charge in [-0.25, -0.2) is 4.79 Å². The van der Waals surface area contributed by atoms with Crippen LogP contribution in [-0.2, 0) is 14.3 Å². The van der Waals surface area contributed by atoms with Crippen LogP contribution < -0.4 is 10.6 Å². The first-order chi connectivity index (χ1) is 14.7. The number of amides is 3. The average Bonchev–Trinajstić information content (AvgIpc) is 2.63. The Bertz CT molecular complexity index is 849. The first kappa shape index (κ1) is 26.7. The van der Waals surface area contributed by atoms with Crippen molar-refractivity contribution in [2.75, 3.05) is 13.2 Å². The Morgan fingerprint density at radius 2 is 1.69 bits per heavy atom. The third-order valence-electron chi connectivity index (χ3n) is 3.96. The van der Waals surface area contributed by atoms with Crippen molar-refractivity contribution >= 4 is 17.9 Å². The Morgan fingerprint density at radius 1 is 1.12 bits per heavy atom. The Kier molecular flexibility index (Phi) is 9.03. The fraction of sp³-hybridized carbons (Fsp3) is 0.545. The van der Waals surface area contributed by atoms with Crippen molar-refractivity contribution in [1.29, 1.82) is 5.26 Å². The lowest BCUT2D eigenvalue weighted by molar-refractivity contribution is -0.143. The number of nitrogens with one attached hydrogen (secondary N) is 2. The van der Waals surface area contributed by atoms with Gasteiger partial charge in [0, 0.05) is 5.54 Å². The number of carbonyl (C=O) groups is 3. The summed E-state index contributed by atoms with van der Waals surface area (Å²) < 4.78 is 5.13. The molecule has 0 saturated carbocycles. The Hall–Kier alpha value is -3.32. The summed E-state index contributed by atoms with van der Waals surface area (Å²) in [5.41, 5.74) is -1.14. The van der Waals surface area contributed by atoms with Crippen LogP contribution in [0.1, 0.15) is 53.1 Å². The number of nitrogens with zero attached hydrogens (tertiary/aromatic N) is 2. The fourth-order valence-corrected chi connectivity index (χ4v) is 2.78. The van der Waals surface area contributed by atoms with Gasteiger partial charge in [-0.15, -0.1) is 0 Å². The highest BCUT2D eigenvalue weighted by Gasteiger charge is 2.37. The quantitative estimate of drug-likeness (QED) is 0.462. The molecule has 0 heterocycles. The molecular formula is C22H32N4O6. The summed E-state index contributed by atoms with van der Waals surface area (Å²) in [7, 11) is 0. The van der Waals surface area contributed by atoms with Crippen LogP contribution in [0.3, 0.4) is 0 Å². The summed E-state index contributed by atoms with van der Waals surface area (Å²) in [6.07, 6.45) is -0.929. The fourth-order valence-electron chi connectivity index (χ4n) is 2.78. The molecule has 3 amide bonds. The highest BCUT2D eigenvalue weighted by atomic mass is 16.6. The summed E-state index contributed by atoms with van der Waals surface area (Å²) in [5.74, 6) is -1.45. The number of aliphatic hydroxyl groups is 1. The molecule has 0 fully saturated rings. The Labute approximate surface area is 188 Å². The SMILES string of the molecule is CC(C)(C)NC(=O)C(c1ccc(O)cc1)N(CC#N)C(=O)C(CO)NC(=O)OC(C)(C)C. The molecule has 10 heteroatoms. The summed E-state index contributed by atoms with van der Waals surface area (Å²) >= 11 is 0. The van der Waals surface area contributed by atoms with E-state index in [4.69, 9.17) is 4.74 Å². The van der Waals surface area contributed by atoms with Gasteiger partial charge in [0.1, 0.15) is 30.0 Å². The molecular weight excluding hydrogens is 416 g/mol. The van der Waals surface area contributed by atoms with Crippen molar-refractivity contribution in [3.05, 3.63) is 29.8 Å².